The quantitative estimate of drug-likeness (QED) is 0.482. The standard InChI is InChI=1S/C29H30N2O6/c1-33-22-7-8-24-23(15-22)25(11-14-30-24)35-16-20-9-12-29(13-10-20)19-31(28(32)37-29)27-18-34-17-26(36-27)21-5-3-2-4-6-21/h2-3,5,7-8,11,14-15,17-18,20H,4,6,9-10,12-13,16,19H2,1H3. The van der Waals surface area contributed by atoms with Gasteiger partial charge in [-0.05, 0) is 74.3 Å². The summed E-state index contributed by atoms with van der Waals surface area (Å²) in [6, 6.07) is 7.68. The van der Waals surface area contributed by atoms with E-state index in [0.29, 0.717) is 30.7 Å². The average molecular weight is 503 g/mol. The number of ether oxygens (including phenoxy) is 5. The van der Waals surface area contributed by atoms with E-state index in [1.54, 1.807) is 24.5 Å². The van der Waals surface area contributed by atoms with Crippen LogP contribution in [-0.2, 0) is 14.2 Å². The molecule has 0 unspecified atom stereocenters. The Morgan fingerprint density at radius 3 is 2.89 bits per heavy atom. The maximum atomic E-state index is 12.8. The van der Waals surface area contributed by atoms with Crippen LogP contribution in [0.15, 0.2) is 78.4 Å². The Morgan fingerprint density at radius 1 is 1.19 bits per heavy atom. The molecule has 0 atom stereocenters. The molecule has 1 amide bonds. The first-order valence-corrected chi connectivity index (χ1v) is 12.8. The number of benzene rings is 1. The molecule has 2 aliphatic carbocycles. The normalized spacial score (nSPS) is 25.1. The molecule has 1 aromatic heterocycles. The van der Waals surface area contributed by atoms with Gasteiger partial charge >= 0.3 is 6.09 Å². The van der Waals surface area contributed by atoms with Gasteiger partial charge in [0.25, 0.3) is 0 Å². The van der Waals surface area contributed by atoms with Gasteiger partial charge in [-0.15, -0.1) is 0 Å². The highest BCUT2D eigenvalue weighted by molar-refractivity contribution is 5.86. The van der Waals surface area contributed by atoms with E-state index < -0.39 is 5.60 Å². The Labute approximate surface area is 215 Å². The Kier molecular flexibility index (Phi) is 6.24. The van der Waals surface area contributed by atoms with E-state index in [9.17, 15) is 4.79 Å². The number of aromatic nitrogens is 1. The van der Waals surface area contributed by atoms with Crippen LogP contribution in [0.4, 0.5) is 4.79 Å². The van der Waals surface area contributed by atoms with E-state index in [1.165, 1.54) is 6.26 Å². The highest BCUT2D eigenvalue weighted by atomic mass is 16.6. The van der Waals surface area contributed by atoms with Crippen LogP contribution < -0.4 is 9.47 Å². The SMILES string of the molecule is COc1ccc2nccc(OCC3CCC4(CC3)CN(C3=COC=C(C5=CC=CCC5)O3)C(=O)O4)c2c1. The predicted octanol–water partition coefficient (Wildman–Crippen LogP) is 5.97. The minimum Gasteiger partial charge on any atom is -0.497 e. The fourth-order valence-electron chi connectivity index (χ4n) is 5.37. The van der Waals surface area contributed by atoms with Crippen molar-refractivity contribution in [3.8, 4) is 11.5 Å². The molecule has 37 heavy (non-hydrogen) atoms. The number of hydrogen-bond acceptors (Lipinski definition) is 7. The van der Waals surface area contributed by atoms with Crippen LogP contribution in [-0.4, -0.2) is 41.8 Å². The van der Waals surface area contributed by atoms with Crippen LogP contribution in [0, 0.1) is 5.92 Å². The summed E-state index contributed by atoms with van der Waals surface area (Å²) in [4.78, 5) is 18.8. The Bertz CT molecular complexity index is 1320. The molecule has 6 rings (SSSR count). The van der Waals surface area contributed by atoms with Gasteiger partial charge < -0.3 is 23.7 Å². The topological polar surface area (TPSA) is 79.4 Å². The number of carbonyl (C=O) groups excluding carboxylic acids is 1. The number of carbonyl (C=O) groups is 1. The van der Waals surface area contributed by atoms with Gasteiger partial charge in [-0.2, -0.15) is 0 Å². The third-order valence-electron chi connectivity index (χ3n) is 7.52. The van der Waals surface area contributed by atoms with Gasteiger partial charge in [0.1, 0.15) is 23.4 Å². The first-order valence-electron chi connectivity index (χ1n) is 12.8. The molecule has 3 heterocycles. The van der Waals surface area contributed by atoms with Crippen LogP contribution in [0.3, 0.4) is 0 Å². The molecule has 2 aromatic rings. The zero-order valence-corrected chi connectivity index (χ0v) is 20.9. The molecular weight excluding hydrogens is 472 g/mol. The molecule has 4 aliphatic rings. The first kappa shape index (κ1) is 23.5. The lowest BCUT2D eigenvalue weighted by Gasteiger charge is -2.35. The Morgan fingerprint density at radius 2 is 2.08 bits per heavy atom. The monoisotopic (exact) mass is 502 g/mol. The van der Waals surface area contributed by atoms with Crippen molar-refractivity contribution in [1.29, 1.82) is 0 Å². The fourth-order valence-corrected chi connectivity index (χ4v) is 5.37. The summed E-state index contributed by atoms with van der Waals surface area (Å²) in [7, 11) is 1.65. The van der Waals surface area contributed by atoms with Crippen LogP contribution in [0.2, 0.25) is 0 Å². The van der Waals surface area contributed by atoms with E-state index in [4.69, 9.17) is 23.7 Å². The molecule has 8 nitrogen and oxygen atoms in total. The summed E-state index contributed by atoms with van der Waals surface area (Å²) < 4.78 is 29.1. The summed E-state index contributed by atoms with van der Waals surface area (Å²) in [5.74, 6) is 2.96. The number of fused-ring (bicyclic) bond motifs is 1. The molecule has 8 heteroatoms. The van der Waals surface area contributed by atoms with Gasteiger partial charge in [0, 0.05) is 11.6 Å². The molecule has 1 spiro atoms. The zero-order valence-electron chi connectivity index (χ0n) is 20.9. The summed E-state index contributed by atoms with van der Waals surface area (Å²) in [5, 5.41) is 0.936. The van der Waals surface area contributed by atoms with Gasteiger partial charge in [0.15, 0.2) is 12.0 Å². The van der Waals surface area contributed by atoms with Gasteiger partial charge in [-0.1, -0.05) is 18.2 Å². The van der Waals surface area contributed by atoms with E-state index in [1.807, 2.05) is 36.4 Å². The molecule has 2 fully saturated rings. The second-order valence-electron chi connectivity index (χ2n) is 9.92. The second-order valence-corrected chi connectivity index (χ2v) is 9.92. The van der Waals surface area contributed by atoms with Gasteiger partial charge in [-0.25, -0.2) is 9.69 Å². The maximum absolute atomic E-state index is 12.8. The smallest absolute Gasteiger partial charge is 0.417 e. The molecular formula is C29H30N2O6. The molecule has 1 saturated carbocycles. The van der Waals surface area contributed by atoms with Crippen LogP contribution >= 0.6 is 0 Å². The van der Waals surface area contributed by atoms with Crippen LogP contribution in [0.5, 0.6) is 11.5 Å². The van der Waals surface area contributed by atoms with Crippen molar-refractivity contribution < 1.29 is 28.5 Å². The summed E-state index contributed by atoms with van der Waals surface area (Å²) in [6.45, 7) is 1.06. The minimum atomic E-state index is -0.511. The molecule has 0 bridgehead atoms. The first-order chi connectivity index (χ1) is 18.1. The Balaban J connectivity index is 1.06. The van der Waals surface area contributed by atoms with Crippen LogP contribution in [0.25, 0.3) is 10.9 Å². The second kappa shape index (κ2) is 9.84. The van der Waals surface area contributed by atoms with Crippen molar-refractivity contribution in [2.45, 2.75) is 44.1 Å². The highest BCUT2D eigenvalue weighted by Gasteiger charge is 2.49. The third-order valence-corrected chi connectivity index (χ3v) is 7.52. The summed E-state index contributed by atoms with van der Waals surface area (Å²) in [5.41, 5.74) is 1.41. The van der Waals surface area contributed by atoms with Crippen molar-refractivity contribution in [2.24, 2.45) is 5.92 Å². The lowest BCUT2D eigenvalue weighted by Crippen LogP contribution is -2.39. The molecule has 0 radical (unpaired) electrons. The van der Waals surface area contributed by atoms with Gasteiger partial charge in [0.2, 0.25) is 5.88 Å². The van der Waals surface area contributed by atoms with E-state index in [-0.39, 0.29) is 6.09 Å². The number of allylic oxidation sites excluding steroid dienone is 4. The average Bonchev–Trinajstić information content (AvgIpc) is 3.28. The number of pyridine rings is 1. The summed E-state index contributed by atoms with van der Waals surface area (Å²) >= 11 is 0. The van der Waals surface area contributed by atoms with Crippen LogP contribution in [0.1, 0.15) is 38.5 Å². The Hall–Kier alpha value is -3.94. The molecule has 2 aliphatic heterocycles. The van der Waals surface area contributed by atoms with Crippen molar-refractivity contribution in [3.05, 3.63) is 78.4 Å². The lowest BCUT2D eigenvalue weighted by molar-refractivity contribution is 0.00704. The number of amides is 1. The summed E-state index contributed by atoms with van der Waals surface area (Å²) in [6.07, 6.45) is 15.8. The number of methoxy groups -OCH3 is 1. The van der Waals surface area contributed by atoms with E-state index in [0.717, 1.165) is 66.5 Å². The zero-order chi connectivity index (χ0) is 25.2. The molecule has 0 N–H and O–H groups in total. The van der Waals surface area contributed by atoms with Gasteiger partial charge in [0.05, 0.1) is 25.8 Å². The van der Waals surface area contributed by atoms with Crippen molar-refractivity contribution in [3.63, 3.8) is 0 Å². The van der Waals surface area contributed by atoms with Crippen molar-refractivity contribution in [2.75, 3.05) is 20.3 Å². The molecule has 1 aromatic carbocycles. The van der Waals surface area contributed by atoms with Crippen molar-refractivity contribution >= 4 is 17.0 Å². The fraction of sp³-hybridized carbons (Fsp3) is 0.379. The third kappa shape index (κ3) is 4.75. The van der Waals surface area contributed by atoms with Crippen molar-refractivity contribution in [1.82, 2.24) is 9.88 Å². The largest absolute Gasteiger partial charge is 0.497 e. The van der Waals surface area contributed by atoms with Gasteiger partial charge in [-0.3, -0.25) is 4.98 Å². The number of nitrogens with zero attached hydrogens (tertiary/aromatic N) is 2. The molecule has 1 saturated heterocycles. The minimum absolute atomic E-state index is 0.375. The maximum Gasteiger partial charge on any atom is 0.417 e. The lowest BCUT2D eigenvalue weighted by atomic mass is 9.79. The van der Waals surface area contributed by atoms with E-state index >= 15 is 0 Å². The van der Waals surface area contributed by atoms with E-state index in [2.05, 4.69) is 11.1 Å². The number of rotatable bonds is 6. The molecule has 192 valence electrons. The predicted molar refractivity (Wildman–Crippen MR) is 136 cm³/mol. The number of hydrogen-bond donors (Lipinski definition) is 0. The highest BCUT2D eigenvalue weighted by Crippen LogP contribution is 2.42.